The van der Waals surface area contributed by atoms with Crippen LogP contribution in [0.4, 0.5) is 5.69 Å². The molecule has 3 aromatic rings. The third kappa shape index (κ3) is 4.10. The molecule has 6 nitrogen and oxygen atoms in total. The molecule has 4 rings (SSSR count). The van der Waals surface area contributed by atoms with Crippen LogP contribution in [-0.2, 0) is 4.79 Å². The summed E-state index contributed by atoms with van der Waals surface area (Å²) in [5.41, 5.74) is 3.05. The molecule has 0 spiro atoms. The lowest BCUT2D eigenvalue weighted by molar-refractivity contribution is -0.119. The lowest BCUT2D eigenvalue weighted by Gasteiger charge is -2.42. The Balaban J connectivity index is 1.83. The summed E-state index contributed by atoms with van der Waals surface area (Å²) in [7, 11) is 0. The molecule has 1 aliphatic heterocycles. The van der Waals surface area contributed by atoms with Crippen LogP contribution in [0.2, 0.25) is 0 Å². The predicted molar refractivity (Wildman–Crippen MR) is 122 cm³/mol. The molecule has 160 valence electrons. The van der Waals surface area contributed by atoms with E-state index in [1.807, 2.05) is 30.3 Å². The second kappa shape index (κ2) is 9.03. The summed E-state index contributed by atoms with van der Waals surface area (Å²) < 4.78 is 0. The Bertz CT molecular complexity index is 1180. The highest BCUT2D eigenvalue weighted by Gasteiger charge is 2.44. The molecule has 32 heavy (non-hydrogen) atoms. The van der Waals surface area contributed by atoms with Crippen molar-refractivity contribution in [3.8, 4) is 6.07 Å². The first-order valence-corrected chi connectivity index (χ1v) is 10.6. The minimum Gasteiger partial charge on any atom is -0.330 e. The summed E-state index contributed by atoms with van der Waals surface area (Å²) in [6, 6.07) is 19.4. The van der Waals surface area contributed by atoms with E-state index >= 15 is 0 Å². The SMILES string of the molecule is CC(C)CN1C(=O)c2ccccc2C(C(=O)Nc2cccc(C#N)c2)C1c1cccnc1. The summed E-state index contributed by atoms with van der Waals surface area (Å²) in [6.07, 6.45) is 3.40. The van der Waals surface area contributed by atoms with Crippen molar-refractivity contribution in [2.45, 2.75) is 25.8 Å². The van der Waals surface area contributed by atoms with Crippen molar-refractivity contribution >= 4 is 17.5 Å². The fourth-order valence-electron chi connectivity index (χ4n) is 4.28. The first-order valence-electron chi connectivity index (χ1n) is 10.6. The molecule has 2 heterocycles. The number of fused-ring (bicyclic) bond motifs is 1. The van der Waals surface area contributed by atoms with E-state index in [9.17, 15) is 14.9 Å². The van der Waals surface area contributed by atoms with Gasteiger partial charge in [0.25, 0.3) is 5.91 Å². The van der Waals surface area contributed by atoms with E-state index in [0.717, 1.165) is 5.56 Å². The quantitative estimate of drug-likeness (QED) is 0.652. The maximum absolute atomic E-state index is 13.7. The Kier molecular flexibility index (Phi) is 6.00. The lowest BCUT2D eigenvalue weighted by atomic mass is 9.79. The fourth-order valence-corrected chi connectivity index (χ4v) is 4.28. The van der Waals surface area contributed by atoms with E-state index in [0.29, 0.717) is 28.9 Å². The monoisotopic (exact) mass is 424 g/mol. The topological polar surface area (TPSA) is 86.1 Å². The van der Waals surface area contributed by atoms with Crippen molar-refractivity contribution in [1.29, 1.82) is 5.26 Å². The van der Waals surface area contributed by atoms with E-state index in [2.05, 4.69) is 30.2 Å². The molecule has 0 aliphatic carbocycles. The molecule has 2 unspecified atom stereocenters. The predicted octanol–water partition coefficient (Wildman–Crippen LogP) is 4.53. The maximum Gasteiger partial charge on any atom is 0.254 e. The van der Waals surface area contributed by atoms with E-state index in [-0.39, 0.29) is 17.7 Å². The van der Waals surface area contributed by atoms with Gasteiger partial charge in [-0.15, -0.1) is 0 Å². The van der Waals surface area contributed by atoms with Crippen molar-refractivity contribution in [2.75, 3.05) is 11.9 Å². The van der Waals surface area contributed by atoms with Gasteiger partial charge in [0.15, 0.2) is 0 Å². The van der Waals surface area contributed by atoms with Crippen LogP contribution in [0.5, 0.6) is 0 Å². The van der Waals surface area contributed by atoms with E-state index < -0.39 is 12.0 Å². The van der Waals surface area contributed by atoms with Crippen LogP contribution < -0.4 is 5.32 Å². The van der Waals surface area contributed by atoms with Gasteiger partial charge in [0.2, 0.25) is 5.91 Å². The smallest absolute Gasteiger partial charge is 0.254 e. The van der Waals surface area contributed by atoms with Gasteiger partial charge in [-0.2, -0.15) is 5.26 Å². The largest absolute Gasteiger partial charge is 0.330 e. The zero-order valence-corrected chi connectivity index (χ0v) is 18.0. The number of rotatable bonds is 5. The number of hydrogen-bond acceptors (Lipinski definition) is 4. The van der Waals surface area contributed by atoms with E-state index in [1.165, 1.54) is 0 Å². The number of nitrogens with zero attached hydrogens (tertiary/aromatic N) is 3. The Morgan fingerprint density at radius 2 is 1.97 bits per heavy atom. The van der Waals surface area contributed by atoms with Crippen molar-refractivity contribution < 1.29 is 9.59 Å². The summed E-state index contributed by atoms with van der Waals surface area (Å²) in [5, 5.41) is 12.2. The van der Waals surface area contributed by atoms with Crippen molar-refractivity contribution in [3.63, 3.8) is 0 Å². The Morgan fingerprint density at radius 3 is 2.69 bits per heavy atom. The van der Waals surface area contributed by atoms with Gasteiger partial charge in [-0.25, -0.2) is 0 Å². The number of amides is 2. The summed E-state index contributed by atoms with van der Waals surface area (Å²) in [4.78, 5) is 33.2. The van der Waals surface area contributed by atoms with Crippen molar-refractivity contribution in [3.05, 3.63) is 95.3 Å². The molecule has 2 amide bonds. The van der Waals surface area contributed by atoms with E-state index in [1.54, 1.807) is 47.6 Å². The van der Waals surface area contributed by atoms with Crippen LogP contribution >= 0.6 is 0 Å². The Hall–Kier alpha value is -3.98. The van der Waals surface area contributed by atoms with Crippen LogP contribution in [0, 0.1) is 17.2 Å². The third-order valence-corrected chi connectivity index (χ3v) is 5.57. The van der Waals surface area contributed by atoms with Crippen molar-refractivity contribution in [1.82, 2.24) is 9.88 Å². The molecule has 1 N–H and O–H groups in total. The molecule has 0 fully saturated rings. The molecule has 2 aromatic carbocycles. The number of nitriles is 1. The van der Waals surface area contributed by atoms with E-state index in [4.69, 9.17) is 0 Å². The molecule has 1 aromatic heterocycles. The van der Waals surface area contributed by atoms with Gasteiger partial charge in [0.05, 0.1) is 23.6 Å². The normalized spacial score (nSPS) is 17.6. The first kappa shape index (κ1) is 21.3. The van der Waals surface area contributed by atoms with Gasteiger partial charge in [-0.05, 0) is 47.4 Å². The summed E-state index contributed by atoms with van der Waals surface area (Å²) >= 11 is 0. The zero-order valence-electron chi connectivity index (χ0n) is 18.0. The van der Waals surface area contributed by atoms with Crippen molar-refractivity contribution in [2.24, 2.45) is 5.92 Å². The summed E-state index contributed by atoms with van der Waals surface area (Å²) in [6.45, 7) is 4.62. The molecule has 1 aliphatic rings. The number of carbonyl (C=O) groups excluding carboxylic acids is 2. The van der Waals surface area contributed by atoms with Gasteiger partial charge >= 0.3 is 0 Å². The number of carbonyl (C=O) groups is 2. The lowest BCUT2D eigenvalue weighted by Crippen LogP contribution is -2.47. The average Bonchev–Trinajstić information content (AvgIpc) is 2.81. The second-order valence-electron chi connectivity index (χ2n) is 8.33. The Labute approximate surface area is 187 Å². The molecule has 2 atom stereocenters. The molecule has 0 radical (unpaired) electrons. The zero-order chi connectivity index (χ0) is 22.7. The Morgan fingerprint density at radius 1 is 1.16 bits per heavy atom. The number of benzene rings is 2. The van der Waals surface area contributed by atoms with Gasteiger partial charge < -0.3 is 10.2 Å². The number of pyridine rings is 1. The molecule has 6 heteroatoms. The minimum absolute atomic E-state index is 0.0846. The van der Waals surface area contributed by atoms with Gasteiger partial charge in [-0.1, -0.05) is 44.2 Å². The highest BCUT2D eigenvalue weighted by molar-refractivity contribution is 6.04. The van der Waals surface area contributed by atoms with Gasteiger partial charge in [-0.3, -0.25) is 14.6 Å². The highest BCUT2D eigenvalue weighted by Crippen LogP contribution is 2.43. The number of aromatic nitrogens is 1. The first-order chi connectivity index (χ1) is 15.5. The van der Waals surface area contributed by atoms with Crippen LogP contribution in [0.3, 0.4) is 0 Å². The van der Waals surface area contributed by atoms with Crippen LogP contribution in [-0.4, -0.2) is 28.2 Å². The standard InChI is InChI=1S/C26H24N4O2/c1-17(2)16-30-24(19-8-6-12-28-15-19)23(21-10-3-4-11-22(21)26(30)32)25(31)29-20-9-5-7-18(13-20)14-27/h3-13,15,17,23-24H,16H2,1-2H3,(H,29,31). The highest BCUT2D eigenvalue weighted by atomic mass is 16.2. The average molecular weight is 425 g/mol. The minimum atomic E-state index is -0.627. The molecule has 0 saturated carbocycles. The maximum atomic E-state index is 13.7. The van der Waals surface area contributed by atoms with Gasteiger partial charge in [0.1, 0.15) is 0 Å². The fraction of sp³-hybridized carbons (Fsp3) is 0.231. The molecule has 0 saturated heterocycles. The molecular weight excluding hydrogens is 400 g/mol. The number of hydrogen-bond donors (Lipinski definition) is 1. The number of nitrogens with one attached hydrogen (secondary N) is 1. The van der Waals surface area contributed by atoms with Crippen LogP contribution in [0.1, 0.15) is 52.9 Å². The number of anilines is 1. The second-order valence-corrected chi connectivity index (χ2v) is 8.33. The third-order valence-electron chi connectivity index (χ3n) is 5.57. The van der Waals surface area contributed by atoms with Crippen LogP contribution in [0.25, 0.3) is 0 Å². The summed E-state index contributed by atoms with van der Waals surface area (Å²) in [5.74, 6) is -0.724. The molecule has 0 bridgehead atoms. The molecular formula is C26H24N4O2. The van der Waals surface area contributed by atoms with Crippen LogP contribution in [0.15, 0.2) is 73.1 Å². The van der Waals surface area contributed by atoms with Gasteiger partial charge in [0, 0.05) is 30.2 Å².